The maximum Gasteiger partial charge on any atom is 0.135 e. The molecule has 3 nitrogen and oxygen atoms in total. The zero-order valence-electron chi connectivity index (χ0n) is 10.3. The third kappa shape index (κ3) is 2.73. The minimum Gasteiger partial charge on any atom is -0.327 e. The van der Waals surface area contributed by atoms with Crippen LogP contribution in [0.15, 0.2) is 0 Å². The summed E-state index contributed by atoms with van der Waals surface area (Å²) in [4.78, 5) is 4.69. The number of nitrogens with two attached hydrogens (primary N) is 1. The molecule has 2 fully saturated rings. The van der Waals surface area contributed by atoms with Gasteiger partial charge in [0.1, 0.15) is 5.67 Å². The number of hydrogen-bond acceptors (Lipinski definition) is 3. The van der Waals surface area contributed by atoms with Gasteiger partial charge in [0, 0.05) is 19.1 Å². The van der Waals surface area contributed by atoms with Crippen LogP contribution in [-0.2, 0) is 0 Å². The summed E-state index contributed by atoms with van der Waals surface area (Å²) in [6.45, 7) is 4.07. The molecule has 1 unspecified atom stereocenters. The van der Waals surface area contributed by atoms with Gasteiger partial charge >= 0.3 is 0 Å². The van der Waals surface area contributed by atoms with E-state index in [4.69, 9.17) is 5.73 Å². The minimum atomic E-state index is -1.12. The third-order valence-electron chi connectivity index (χ3n) is 4.13. The minimum absolute atomic E-state index is 0.177. The Kier molecular flexibility index (Phi) is 3.82. The quantitative estimate of drug-likeness (QED) is 0.762. The summed E-state index contributed by atoms with van der Waals surface area (Å²) < 4.78 is 14.2. The summed E-state index contributed by atoms with van der Waals surface area (Å²) in [6, 6.07) is 0.582. The molecular weight excluding hydrogens is 205 g/mol. The van der Waals surface area contributed by atoms with Crippen LogP contribution in [-0.4, -0.2) is 61.3 Å². The number of likely N-dealkylation sites (tertiary alicyclic amines) is 2. The van der Waals surface area contributed by atoms with Crippen LogP contribution in [0.4, 0.5) is 4.39 Å². The van der Waals surface area contributed by atoms with E-state index < -0.39 is 5.67 Å². The molecule has 0 spiro atoms. The van der Waals surface area contributed by atoms with Gasteiger partial charge in [-0.25, -0.2) is 4.39 Å². The molecule has 0 bridgehead atoms. The van der Waals surface area contributed by atoms with Gasteiger partial charge in [-0.2, -0.15) is 0 Å². The zero-order valence-corrected chi connectivity index (χ0v) is 10.3. The molecule has 0 radical (unpaired) electrons. The van der Waals surface area contributed by atoms with Gasteiger partial charge in [-0.3, -0.25) is 4.90 Å². The number of hydrogen-bond donors (Lipinski definition) is 1. The average Bonchev–Trinajstić information content (AvgIpc) is 2.30. The molecule has 16 heavy (non-hydrogen) atoms. The van der Waals surface area contributed by atoms with Crippen LogP contribution >= 0.6 is 0 Å². The smallest absolute Gasteiger partial charge is 0.135 e. The molecule has 1 atom stereocenters. The van der Waals surface area contributed by atoms with E-state index >= 15 is 0 Å². The molecule has 4 heteroatoms. The lowest BCUT2D eigenvalue weighted by Crippen LogP contribution is -2.54. The van der Waals surface area contributed by atoms with E-state index in [1.807, 2.05) is 0 Å². The first-order valence-electron chi connectivity index (χ1n) is 6.44. The predicted octanol–water partition coefficient (Wildman–Crippen LogP) is 0.843. The van der Waals surface area contributed by atoms with E-state index in [2.05, 4.69) is 16.8 Å². The fourth-order valence-electron chi connectivity index (χ4n) is 2.96. The molecule has 2 heterocycles. The molecule has 0 aromatic heterocycles. The van der Waals surface area contributed by atoms with Gasteiger partial charge in [-0.15, -0.1) is 0 Å². The Bertz CT molecular complexity index is 228. The third-order valence-corrected chi connectivity index (χ3v) is 4.13. The largest absolute Gasteiger partial charge is 0.327 e. The van der Waals surface area contributed by atoms with Gasteiger partial charge in [0.05, 0.1) is 0 Å². The molecule has 2 rings (SSSR count). The molecule has 0 saturated carbocycles. The van der Waals surface area contributed by atoms with Gasteiger partial charge in [0.2, 0.25) is 0 Å². The Morgan fingerprint density at radius 2 is 2.00 bits per heavy atom. The highest BCUT2D eigenvalue weighted by molar-refractivity contribution is 4.92. The van der Waals surface area contributed by atoms with Crippen LogP contribution in [0.25, 0.3) is 0 Å². The number of nitrogens with zero attached hydrogens (tertiary/aromatic N) is 2. The van der Waals surface area contributed by atoms with E-state index in [1.54, 1.807) is 0 Å². The summed E-state index contributed by atoms with van der Waals surface area (Å²) in [5, 5.41) is 0. The topological polar surface area (TPSA) is 32.5 Å². The highest BCUT2D eigenvalue weighted by atomic mass is 19.1. The van der Waals surface area contributed by atoms with E-state index in [1.165, 1.54) is 12.8 Å². The Labute approximate surface area is 97.8 Å². The highest BCUT2D eigenvalue weighted by Gasteiger charge is 2.37. The van der Waals surface area contributed by atoms with Crippen molar-refractivity contribution in [3.8, 4) is 0 Å². The second kappa shape index (κ2) is 4.98. The van der Waals surface area contributed by atoms with E-state index in [0.717, 1.165) is 26.1 Å². The lowest BCUT2D eigenvalue weighted by atomic mass is 9.92. The number of piperidine rings is 2. The summed E-state index contributed by atoms with van der Waals surface area (Å²) >= 11 is 0. The van der Waals surface area contributed by atoms with E-state index in [0.29, 0.717) is 19.0 Å². The highest BCUT2D eigenvalue weighted by Crippen LogP contribution is 2.28. The zero-order chi connectivity index (χ0) is 11.6. The van der Waals surface area contributed by atoms with Crippen molar-refractivity contribution in [3.63, 3.8) is 0 Å². The molecule has 0 aromatic carbocycles. The summed E-state index contributed by atoms with van der Waals surface area (Å²) in [5.41, 5.74) is 4.42. The maximum atomic E-state index is 14.2. The van der Waals surface area contributed by atoms with Gasteiger partial charge in [-0.05, 0) is 52.4 Å². The van der Waals surface area contributed by atoms with Crippen molar-refractivity contribution in [1.82, 2.24) is 9.80 Å². The Hall–Kier alpha value is -0.190. The van der Waals surface area contributed by atoms with E-state index in [-0.39, 0.29) is 6.54 Å². The molecule has 2 saturated heterocycles. The first-order chi connectivity index (χ1) is 7.63. The maximum absolute atomic E-state index is 14.2. The number of rotatable bonds is 2. The molecule has 0 aliphatic carbocycles. The molecule has 2 N–H and O–H groups in total. The Balaban J connectivity index is 1.89. The van der Waals surface area contributed by atoms with Crippen molar-refractivity contribution in [2.24, 2.45) is 5.73 Å². The lowest BCUT2D eigenvalue weighted by molar-refractivity contribution is 0.0120. The van der Waals surface area contributed by atoms with Gasteiger partial charge in [0.15, 0.2) is 0 Å². The predicted molar refractivity (Wildman–Crippen MR) is 64.2 cm³/mol. The summed E-state index contributed by atoms with van der Waals surface area (Å²) in [6.07, 6.45) is 3.96. The van der Waals surface area contributed by atoms with Gasteiger partial charge < -0.3 is 10.6 Å². The van der Waals surface area contributed by atoms with Gasteiger partial charge in [0.25, 0.3) is 0 Å². The van der Waals surface area contributed by atoms with Crippen molar-refractivity contribution in [3.05, 3.63) is 0 Å². The SMILES string of the molecule is CN1CCC(N2CCCC(F)(CN)C2)CC1. The van der Waals surface area contributed by atoms with E-state index in [9.17, 15) is 4.39 Å². The molecule has 2 aliphatic rings. The number of halogens is 1. The van der Waals surface area contributed by atoms with Crippen molar-refractivity contribution >= 4 is 0 Å². The first-order valence-corrected chi connectivity index (χ1v) is 6.44. The van der Waals surface area contributed by atoms with Crippen LogP contribution < -0.4 is 5.73 Å². The second-order valence-electron chi connectivity index (χ2n) is 5.46. The fraction of sp³-hybridized carbons (Fsp3) is 1.00. The van der Waals surface area contributed by atoms with Crippen LogP contribution in [0.1, 0.15) is 25.7 Å². The molecular formula is C12H24FN3. The molecule has 94 valence electrons. The standard InChI is InChI=1S/C12H24FN3/c1-15-7-3-11(4-8-15)16-6-2-5-12(13,9-14)10-16/h11H,2-10,14H2,1H3. The van der Waals surface area contributed by atoms with Crippen molar-refractivity contribution in [2.45, 2.75) is 37.4 Å². The normalized spacial score (nSPS) is 35.4. The monoisotopic (exact) mass is 229 g/mol. The first kappa shape index (κ1) is 12.3. The lowest BCUT2D eigenvalue weighted by Gasteiger charge is -2.43. The Morgan fingerprint density at radius 3 is 2.62 bits per heavy atom. The fourth-order valence-corrected chi connectivity index (χ4v) is 2.96. The van der Waals surface area contributed by atoms with Crippen molar-refractivity contribution in [1.29, 1.82) is 0 Å². The molecule has 0 aromatic rings. The summed E-state index contributed by atoms with van der Waals surface area (Å²) in [5.74, 6) is 0. The van der Waals surface area contributed by atoms with Crippen LogP contribution in [0.3, 0.4) is 0 Å². The van der Waals surface area contributed by atoms with Crippen LogP contribution in [0, 0.1) is 0 Å². The van der Waals surface area contributed by atoms with Crippen LogP contribution in [0.2, 0.25) is 0 Å². The average molecular weight is 229 g/mol. The summed E-state index contributed by atoms with van der Waals surface area (Å²) in [7, 11) is 2.16. The second-order valence-corrected chi connectivity index (χ2v) is 5.46. The van der Waals surface area contributed by atoms with Gasteiger partial charge in [-0.1, -0.05) is 0 Å². The Morgan fingerprint density at radius 1 is 1.31 bits per heavy atom. The van der Waals surface area contributed by atoms with Crippen molar-refractivity contribution < 1.29 is 4.39 Å². The van der Waals surface area contributed by atoms with Crippen LogP contribution in [0.5, 0.6) is 0 Å². The number of alkyl halides is 1. The molecule has 0 amide bonds. The van der Waals surface area contributed by atoms with Crippen molar-refractivity contribution in [2.75, 3.05) is 39.8 Å². The molecule has 2 aliphatic heterocycles.